The number of halogens is 1. The minimum Gasteiger partial charge on any atom is -0.479 e. The van der Waals surface area contributed by atoms with Crippen molar-refractivity contribution in [3.63, 3.8) is 0 Å². The maximum atomic E-state index is 11.0. The zero-order valence-corrected chi connectivity index (χ0v) is 12.4. The Balaban J connectivity index is 2.22. The van der Waals surface area contributed by atoms with Crippen LogP contribution in [0.1, 0.15) is 11.4 Å². The van der Waals surface area contributed by atoms with Crippen LogP contribution in [0.25, 0.3) is 0 Å². The third-order valence-electron chi connectivity index (χ3n) is 2.99. The Labute approximate surface area is 126 Å². The molecule has 0 saturated heterocycles. The number of hydrogen-bond donors (Lipinski definition) is 1. The van der Waals surface area contributed by atoms with E-state index in [1.807, 2.05) is 0 Å². The first-order chi connectivity index (χ1) is 10.0. The minimum atomic E-state index is -0.468. The molecule has 112 valence electrons. The van der Waals surface area contributed by atoms with Gasteiger partial charge in [0.15, 0.2) is 5.75 Å². The van der Waals surface area contributed by atoms with E-state index >= 15 is 0 Å². The Morgan fingerprint density at radius 1 is 1.52 bits per heavy atom. The molecule has 2 rings (SSSR count). The van der Waals surface area contributed by atoms with Gasteiger partial charge in [0, 0.05) is 19.7 Å². The lowest BCUT2D eigenvalue weighted by Crippen LogP contribution is -2.07. The third-order valence-corrected chi connectivity index (χ3v) is 3.34. The topological polar surface area (TPSA) is 82.2 Å². The van der Waals surface area contributed by atoms with Gasteiger partial charge >= 0.3 is 5.69 Å². The largest absolute Gasteiger partial charge is 0.479 e. The van der Waals surface area contributed by atoms with Gasteiger partial charge in [-0.05, 0) is 18.7 Å². The van der Waals surface area contributed by atoms with E-state index in [1.54, 1.807) is 30.8 Å². The van der Waals surface area contributed by atoms with E-state index in [4.69, 9.17) is 16.3 Å². The summed E-state index contributed by atoms with van der Waals surface area (Å²) in [6, 6.07) is 4.78. The molecule has 0 fully saturated rings. The molecule has 0 saturated carbocycles. The quantitative estimate of drug-likeness (QED) is 0.654. The first kappa shape index (κ1) is 15.3. The van der Waals surface area contributed by atoms with Crippen molar-refractivity contribution in [3.05, 3.63) is 51.1 Å². The molecule has 0 aliphatic carbocycles. The molecular weight excluding hydrogens is 296 g/mol. The van der Waals surface area contributed by atoms with Gasteiger partial charge in [-0.15, -0.1) is 0 Å². The zero-order chi connectivity index (χ0) is 15.4. The smallest absolute Gasteiger partial charge is 0.310 e. The molecule has 0 radical (unpaired) electrons. The molecule has 7 nitrogen and oxygen atoms in total. The van der Waals surface area contributed by atoms with Crippen molar-refractivity contribution in [2.75, 3.05) is 7.05 Å². The second kappa shape index (κ2) is 6.55. The summed E-state index contributed by atoms with van der Waals surface area (Å²) in [5.74, 6) is 0.806. The molecule has 0 unspecified atom stereocenters. The van der Waals surface area contributed by atoms with Gasteiger partial charge in [-0.25, -0.2) is 4.98 Å². The number of imidazole rings is 1. The van der Waals surface area contributed by atoms with Gasteiger partial charge in [-0.3, -0.25) is 10.1 Å². The standard InChI is InChI=1S/C13H15ClN4O3/c1-15-6-9-3-4-10(18(19)20)11(5-9)21-8-13-16-7-12(14)17(13)2/h3-5,7,15H,6,8H2,1-2H3. The average molecular weight is 311 g/mol. The van der Waals surface area contributed by atoms with Crippen LogP contribution in [0.4, 0.5) is 5.69 Å². The summed E-state index contributed by atoms with van der Waals surface area (Å²) in [5.41, 5.74) is 0.825. The molecule has 8 heteroatoms. The van der Waals surface area contributed by atoms with Crippen LogP contribution in [0.2, 0.25) is 5.15 Å². The Bertz CT molecular complexity index is 657. The van der Waals surface area contributed by atoms with Gasteiger partial charge in [0.05, 0.1) is 11.1 Å². The van der Waals surface area contributed by atoms with Gasteiger partial charge in [0.25, 0.3) is 0 Å². The highest BCUT2D eigenvalue weighted by molar-refractivity contribution is 6.29. The average Bonchev–Trinajstić information content (AvgIpc) is 2.77. The van der Waals surface area contributed by atoms with Crippen LogP contribution in [-0.4, -0.2) is 21.5 Å². The normalized spacial score (nSPS) is 10.6. The number of nitro groups is 1. The summed E-state index contributed by atoms with van der Waals surface area (Å²) in [6.07, 6.45) is 1.51. The molecule has 0 aliphatic rings. The molecule has 1 N–H and O–H groups in total. The number of hydrogen-bond acceptors (Lipinski definition) is 5. The molecular formula is C13H15ClN4O3. The highest BCUT2D eigenvalue weighted by atomic mass is 35.5. The molecule has 1 aromatic carbocycles. The lowest BCUT2D eigenvalue weighted by Gasteiger charge is -2.09. The molecule has 0 bridgehead atoms. The van der Waals surface area contributed by atoms with E-state index in [0.29, 0.717) is 17.5 Å². The predicted molar refractivity (Wildman–Crippen MR) is 78.4 cm³/mol. The summed E-state index contributed by atoms with van der Waals surface area (Å²) in [7, 11) is 3.55. The van der Waals surface area contributed by atoms with Gasteiger partial charge in [-0.1, -0.05) is 17.7 Å². The number of nitrogens with one attached hydrogen (secondary N) is 1. The van der Waals surface area contributed by atoms with Crippen LogP contribution in [0.15, 0.2) is 24.4 Å². The van der Waals surface area contributed by atoms with Crippen molar-refractivity contribution in [1.82, 2.24) is 14.9 Å². The Morgan fingerprint density at radius 3 is 2.86 bits per heavy atom. The number of nitro benzene ring substituents is 1. The maximum absolute atomic E-state index is 11.0. The van der Waals surface area contributed by atoms with Crippen molar-refractivity contribution in [2.24, 2.45) is 7.05 Å². The van der Waals surface area contributed by atoms with E-state index in [2.05, 4.69) is 10.3 Å². The monoisotopic (exact) mass is 310 g/mol. The van der Waals surface area contributed by atoms with Crippen LogP contribution < -0.4 is 10.1 Å². The van der Waals surface area contributed by atoms with Gasteiger partial charge in [0.1, 0.15) is 17.6 Å². The van der Waals surface area contributed by atoms with Crippen molar-refractivity contribution >= 4 is 17.3 Å². The second-order valence-electron chi connectivity index (χ2n) is 4.43. The molecule has 1 aromatic heterocycles. The number of benzene rings is 1. The third kappa shape index (κ3) is 3.50. The van der Waals surface area contributed by atoms with Crippen LogP contribution in [0.5, 0.6) is 5.75 Å². The first-order valence-corrected chi connectivity index (χ1v) is 6.61. The number of nitrogens with zero attached hydrogens (tertiary/aromatic N) is 3. The fourth-order valence-electron chi connectivity index (χ4n) is 1.84. The van der Waals surface area contributed by atoms with E-state index in [0.717, 1.165) is 5.56 Å². The molecule has 0 amide bonds. The summed E-state index contributed by atoms with van der Waals surface area (Å²) in [4.78, 5) is 14.7. The Hall–Kier alpha value is -2.12. The lowest BCUT2D eigenvalue weighted by atomic mass is 10.2. The lowest BCUT2D eigenvalue weighted by molar-refractivity contribution is -0.386. The first-order valence-electron chi connectivity index (χ1n) is 6.23. The number of aromatic nitrogens is 2. The molecule has 0 atom stereocenters. The van der Waals surface area contributed by atoms with E-state index in [1.165, 1.54) is 12.3 Å². The van der Waals surface area contributed by atoms with E-state index in [-0.39, 0.29) is 18.0 Å². The zero-order valence-electron chi connectivity index (χ0n) is 11.7. The van der Waals surface area contributed by atoms with Crippen LogP contribution in [0, 0.1) is 10.1 Å². The minimum absolute atomic E-state index is 0.0739. The van der Waals surface area contributed by atoms with Gasteiger partial charge < -0.3 is 14.6 Å². The Kier molecular flexibility index (Phi) is 4.77. The van der Waals surface area contributed by atoms with Crippen LogP contribution >= 0.6 is 11.6 Å². The van der Waals surface area contributed by atoms with Gasteiger partial charge in [0.2, 0.25) is 0 Å². The summed E-state index contributed by atoms with van der Waals surface area (Å²) in [5, 5.41) is 14.5. The molecule has 0 spiro atoms. The maximum Gasteiger partial charge on any atom is 0.310 e. The fraction of sp³-hybridized carbons (Fsp3) is 0.308. The fourth-order valence-corrected chi connectivity index (χ4v) is 1.99. The van der Waals surface area contributed by atoms with Gasteiger partial charge in [-0.2, -0.15) is 0 Å². The predicted octanol–water partition coefficient (Wildman–Crippen LogP) is 2.28. The number of rotatable bonds is 6. The molecule has 1 heterocycles. The summed E-state index contributed by atoms with van der Waals surface area (Å²) >= 11 is 5.89. The highest BCUT2D eigenvalue weighted by Crippen LogP contribution is 2.28. The second-order valence-corrected chi connectivity index (χ2v) is 4.82. The molecule has 21 heavy (non-hydrogen) atoms. The van der Waals surface area contributed by atoms with E-state index < -0.39 is 4.92 Å². The van der Waals surface area contributed by atoms with Crippen molar-refractivity contribution < 1.29 is 9.66 Å². The number of ether oxygens (including phenoxy) is 1. The van der Waals surface area contributed by atoms with Crippen LogP contribution in [-0.2, 0) is 20.2 Å². The van der Waals surface area contributed by atoms with E-state index in [9.17, 15) is 10.1 Å². The molecule has 0 aliphatic heterocycles. The molecule has 2 aromatic rings. The van der Waals surface area contributed by atoms with Crippen molar-refractivity contribution in [2.45, 2.75) is 13.2 Å². The summed E-state index contributed by atoms with van der Waals surface area (Å²) in [6.45, 7) is 0.704. The van der Waals surface area contributed by atoms with Crippen LogP contribution in [0.3, 0.4) is 0 Å². The van der Waals surface area contributed by atoms with Crippen molar-refractivity contribution in [3.8, 4) is 5.75 Å². The van der Waals surface area contributed by atoms with Crippen molar-refractivity contribution in [1.29, 1.82) is 0 Å². The SMILES string of the molecule is CNCc1ccc([N+](=O)[O-])c(OCc2ncc(Cl)n2C)c1. The Morgan fingerprint density at radius 2 is 2.29 bits per heavy atom. The highest BCUT2D eigenvalue weighted by Gasteiger charge is 2.16. The summed E-state index contributed by atoms with van der Waals surface area (Å²) < 4.78 is 7.21.